The molecule has 5 rings (SSSR count). The van der Waals surface area contributed by atoms with Gasteiger partial charge in [0.2, 0.25) is 0 Å². The third kappa shape index (κ3) is 4.14. The third-order valence-electron chi connectivity index (χ3n) is 5.97. The van der Waals surface area contributed by atoms with Crippen LogP contribution in [0.1, 0.15) is 23.5 Å². The molecule has 2 N–H and O–H groups in total. The molecule has 0 radical (unpaired) electrons. The van der Waals surface area contributed by atoms with Crippen molar-refractivity contribution in [1.29, 1.82) is 0 Å². The Morgan fingerprint density at radius 2 is 1.71 bits per heavy atom. The number of benzene rings is 3. The third-order valence-corrected chi connectivity index (χ3v) is 5.97. The molecule has 2 heterocycles. The van der Waals surface area contributed by atoms with E-state index in [2.05, 4.69) is 0 Å². The van der Waals surface area contributed by atoms with Crippen molar-refractivity contribution >= 4 is 16.9 Å². The van der Waals surface area contributed by atoms with Gasteiger partial charge in [-0.3, -0.25) is 9.59 Å². The van der Waals surface area contributed by atoms with Crippen LogP contribution < -0.4 is 14.9 Å². The first-order valence-corrected chi connectivity index (χ1v) is 11.0. The molecule has 35 heavy (non-hydrogen) atoms. The molecule has 1 aromatic heterocycles. The summed E-state index contributed by atoms with van der Waals surface area (Å²) < 4.78 is 22.3. The van der Waals surface area contributed by atoms with Gasteiger partial charge in [0.05, 0.1) is 13.5 Å². The molecule has 0 amide bonds. The Bertz CT molecular complexity index is 1470. The van der Waals surface area contributed by atoms with Crippen LogP contribution in [0.4, 0.5) is 0 Å². The van der Waals surface area contributed by atoms with E-state index in [4.69, 9.17) is 18.6 Å². The van der Waals surface area contributed by atoms with Crippen LogP contribution >= 0.6 is 0 Å². The first-order chi connectivity index (χ1) is 17.0. The summed E-state index contributed by atoms with van der Waals surface area (Å²) in [6, 6.07) is 16.6. The Balaban J connectivity index is 1.77. The highest BCUT2D eigenvalue weighted by Crippen LogP contribution is 2.44. The highest BCUT2D eigenvalue weighted by molar-refractivity contribution is 5.90. The number of hydrogen-bond acceptors (Lipinski definition) is 8. The van der Waals surface area contributed by atoms with Crippen LogP contribution in [0.25, 0.3) is 22.3 Å². The number of phenolic OH excluding ortho intramolecular Hbond substituents is 2. The van der Waals surface area contributed by atoms with E-state index < -0.39 is 23.1 Å². The quantitative estimate of drug-likeness (QED) is 0.411. The number of carbonyl (C=O) groups is 1. The Hall–Kier alpha value is -4.46. The maximum atomic E-state index is 13.1. The number of ether oxygens (including phenoxy) is 3. The van der Waals surface area contributed by atoms with Crippen LogP contribution in [0.3, 0.4) is 0 Å². The summed E-state index contributed by atoms with van der Waals surface area (Å²) >= 11 is 0. The minimum atomic E-state index is -0.782. The molecule has 0 bridgehead atoms. The predicted molar refractivity (Wildman–Crippen MR) is 127 cm³/mol. The number of fused-ring (bicyclic) bond motifs is 2. The predicted octanol–water partition coefficient (Wildman–Crippen LogP) is 4.34. The summed E-state index contributed by atoms with van der Waals surface area (Å²) in [7, 11) is 1.27. The molecule has 0 aliphatic carbocycles. The molecule has 0 fully saturated rings. The lowest BCUT2D eigenvalue weighted by Crippen LogP contribution is -2.16. The zero-order valence-electron chi connectivity index (χ0n) is 18.8. The van der Waals surface area contributed by atoms with E-state index >= 15 is 0 Å². The lowest BCUT2D eigenvalue weighted by Gasteiger charge is -2.23. The minimum absolute atomic E-state index is 0.0161. The maximum absolute atomic E-state index is 13.1. The molecule has 1 aliphatic rings. The number of rotatable bonds is 5. The number of methoxy groups -OCH3 is 1. The van der Waals surface area contributed by atoms with Crippen LogP contribution in [0.15, 0.2) is 69.9 Å². The van der Waals surface area contributed by atoms with Gasteiger partial charge in [-0.1, -0.05) is 36.4 Å². The second-order valence-electron chi connectivity index (χ2n) is 8.11. The van der Waals surface area contributed by atoms with Crippen LogP contribution in [0.5, 0.6) is 23.0 Å². The van der Waals surface area contributed by atoms with Gasteiger partial charge in [0.15, 0.2) is 16.9 Å². The molecule has 1 aliphatic heterocycles. The van der Waals surface area contributed by atoms with Crippen molar-refractivity contribution in [3.8, 4) is 34.3 Å². The van der Waals surface area contributed by atoms with Crippen molar-refractivity contribution in [2.24, 2.45) is 0 Å². The monoisotopic (exact) mass is 474 g/mol. The van der Waals surface area contributed by atoms with Crippen LogP contribution in [0.2, 0.25) is 0 Å². The smallest absolute Gasteiger partial charge is 0.306 e. The molecule has 0 unspecified atom stereocenters. The van der Waals surface area contributed by atoms with E-state index in [1.807, 2.05) is 6.07 Å². The standard InChI is InChI=1S/C27H22O8/c1-32-24(31)12-17(16-7-8-21-23(11-16)34-10-9-33-21)25-18(28)13-19(29)26-20(30)14-22(35-27(25)26)15-5-3-2-4-6-15/h2-8,11,13-14,17,28-29H,9-10,12H2,1H3/t17-/m0/s1. The maximum Gasteiger partial charge on any atom is 0.306 e. The van der Waals surface area contributed by atoms with Crippen molar-refractivity contribution in [1.82, 2.24) is 0 Å². The molecule has 1 atom stereocenters. The Kier molecular flexibility index (Phi) is 5.78. The number of esters is 1. The van der Waals surface area contributed by atoms with Crippen LogP contribution in [-0.2, 0) is 9.53 Å². The first kappa shape index (κ1) is 22.3. The van der Waals surface area contributed by atoms with Gasteiger partial charge in [0.25, 0.3) is 0 Å². The summed E-state index contributed by atoms with van der Waals surface area (Å²) in [5.41, 5.74) is 0.925. The number of aromatic hydroxyl groups is 2. The fourth-order valence-corrected chi connectivity index (χ4v) is 4.32. The molecular formula is C27H22O8. The van der Waals surface area contributed by atoms with E-state index in [1.165, 1.54) is 13.2 Å². The molecule has 0 spiro atoms. The van der Waals surface area contributed by atoms with Gasteiger partial charge >= 0.3 is 5.97 Å². The van der Waals surface area contributed by atoms with Gasteiger partial charge in [-0.25, -0.2) is 0 Å². The average molecular weight is 474 g/mol. The fraction of sp³-hybridized carbons (Fsp3) is 0.185. The lowest BCUT2D eigenvalue weighted by molar-refractivity contribution is -0.140. The molecular weight excluding hydrogens is 452 g/mol. The normalized spacial score (nSPS) is 13.4. The zero-order chi connectivity index (χ0) is 24.5. The average Bonchev–Trinajstić information content (AvgIpc) is 2.87. The Labute approximate surface area is 199 Å². The summed E-state index contributed by atoms with van der Waals surface area (Å²) in [5.74, 6) is -0.746. The van der Waals surface area contributed by atoms with Gasteiger partial charge in [-0.05, 0) is 17.7 Å². The van der Waals surface area contributed by atoms with E-state index in [1.54, 1.807) is 42.5 Å². The second kappa shape index (κ2) is 9.06. The highest BCUT2D eigenvalue weighted by Gasteiger charge is 2.29. The van der Waals surface area contributed by atoms with Gasteiger partial charge in [-0.2, -0.15) is 0 Å². The topological polar surface area (TPSA) is 115 Å². The van der Waals surface area contributed by atoms with E-state index in [0.717, 1.165) is 6.07 Å². The van der Waals surface area contributed by atoms with Gasteiger partial charge < -0.3 is 28.8 Å². The van der Waals surface area contributed by atoms with Gasteiger partial charge in [0, 0.05) is 29.2 Å². The molecule has 3 aromatic carbocycles. The summed E-state index contributed by atoms with van der Waals surface area (Å²) in [4.78, 5) is 25.5. The van der Waals surface area contributed by atoms with Crippen LogP contribution in [-0.4, -0.2) is 36.5 Å². The fourth-order valence-electron chi connectivity index (χ4n) is 4.32. The molecule has 0 saturated carbocycles. The molecule has 8 heteroatoms. The zero-order valence-corrected chi connectivity index (χ0v) is 18.8. The number of phenols is 2. The molecule has 4 aromatic rings. The van der Waals surface area contributed by atoms with Crippen molar-refractivity contribution in [3.63, 3.8) is 0 Å². The summed E-state index contributed by atoms with van der Waals surface area (Å²) in [6.07, 6.45) is -0.164. The molecule has 8 nitrogen and oxygen atoms in total. The van der Waals surface area contributed by atoms with Crippen molar-refractivity contribution in [2.45, 2.75) is 12.3 Å². The van der Waals surface area contributed by atoms with Crippen molar-refractivity contribution in [3.05, 3.63) is 82.0 Å². The van der Waals surface area contributed by atoms with E-state index in [-0.39, 0.29) is 34.5 Å². The second-order valence-corrected chi connectivity index (χ2v) is 8.11. The number of carbonyl (C=O) groups excluding carboxylic acids is 1. The minimum Gasteiger partial charge on any atom is -0.507 e. The lowest BCUT2D eigenvalue weighted by atomic mass is 9.86. The highest BCUT2D eigenvalue weighted by atomic mass is 16.6. The first-order valence-electron chi connectivity index (χ1n) is 11.0. The van der Waals surface area contributed by atoms with Crippen LogP contribution in [0, 0.1) is 0 Å². The number of hydrogen-bond donors (Lipinski definition) is 2. The molecule has 0 saturated heterocycles. The van der Waals surface area contributed by atoms with E-state index in [0.29, 0.717) is 35.8 Å². The SMILES string of the molecule is COC(=O)C[C@@H](c1ccc2c(c1)OCCO2)c1c(O)cc(O)c2c(=O)cc(-c3ccccc3)oc12. The Morgan fingerprint density at radius 1 is 0.971 bits per heavy atom. The molecule has 178 valence electrons. The summed E-state index contributed by atoms with van der Waals surface area (Å²) in [6.45, 7) is 0.801. The van der Waals surface area contributed by atoms with Crippen molar-refractivity contribution < 1.29 is 33.6 Å². The summed E-state index contributed by atoms with van der Waals surface area (Å²) in [5, 5.41) is 21.4. The Morgan fingerprint density at radius 3 is 2.46 bits per heavy atom. The van der Waals surface area contributed by atoms with Crippen molar-refractivity contribution in [2.75, 3.05) is 20.3 Å². The van der Waals surface area contributed by atoms with Gasteiger partial charge in [0.1, 0.15) is 41.4 Å². The largest absolute Gasteiger partial charge is 0.507 e. The van der Waals surface area contributed by atoms with Gasteiger partial charge in [-0.15, -0.1) is 0 Å². The van der Waals surface area contributed by atoms with E-state index in [9.17, 15) is 19.8 Å².